The first kappa shape index (κ1) is 13.9. The first-order valence-corrected chi connectivity index (χ1v) is 6.58. The van der Waals surface area contributed by atoms with Crippen molar-refractivity contribution in [2.45, 2.75) is 13.3 Å². The molecule has 0 bridgehead atoms. The minimum Gasteiger partial charge on any atom is -0.490 e. The molecule has 1 aromatic carbocycles. The quantitative estimate of drug-likeness (QED) is 0.831. The van der Waals surface area contributed by atoms with Crippen LogP contribution in [0.4, 0.5) is 11.5 Å². The number of nitrogens with zero attached hydrogens (tertiary/aromatic N) is 3. The highest BCUT2D eigenvalue weighted by Gasteiger charge is 2.11. The van der Waals surface area contributed by atoms with Crippen molar-refractivity contribution < 1.29 is 4.74 Å². The highest BCUT2D eigenvalue weighted by Crippen LogP contribution is 2.30. The standard InChI is InChI=1S/C16H17N3O/c1-3-11-20-15-5-4-10-18-16(15)19(2)14-8-6-13(12-17)7-9-14/h4-10H,3,11H2,1-2H3. The van der Waals surface area contributed by atoms with Crippen LogP contribution in [0.5, 0.6) is 5.75 Å². The zero-order valence-corrected chi connectivity index (χ0v) is 11.7. The average molecular weight is 267 g/mol. The maximum Gasteiger partial charge on any atom is 0.175 e. The van der Waals surface area contributed by atoms with Gasteiger partial charge in [-0.15, -0.1) is 0 Å². The van der Waals surface area contributed by atoms with Crippen LogP contribution in [0, 0.1) is 11.3 Å². The van der Waals surface area contributed by atoms with E-state index in [-0.39, 0.29) is 0 Å². The first-order chi connectivity index (χ1) is 9.76. The number of pyridine rings is 1. The Hall–Kier alpha value is -2.54. The van der Waals surface area contributed by atoms with Crippen molar-refractivity contribution in [1.82, 2.24) is 4.98 Å². The smallest absolute Gasteiger partial charge is 0.175 e. The van der Waals surface area contributed by atoms with Crippen molar-refractivity contribution in [3.8, 4) is 11.8 Å². The van der Waals surface area contributed by atoms with E-state index in [0.29, 0.717) is 12.2 Å². The molecule has 0 amide bonds. The fourth-order valence-electron chi connectivity index (χ4n) is 1.84. The lowest BCUT2D eigenvalue weighted by Crippen LogP contribution is -2.13. The summed E-state index contributed by atoms with van der Waals surface area (Å²) in [5, 5.41) is 8.83. The van der Waals surface area contributed by atoms with E-state index in [0.717, 1.165) is 23.7 Å². The molecule has 0 aliphatic heterocycles. The largest absolute Gasteiger partial charge is 0.490 e. The van der Waals surface area contributed by atoms with E-state index in [4.69, 9.17) is 10.00 Å². The molecule has 0 N–H and O–H groups in total. The summed E-state index contributed by atoms with van der Waals surface area (Å²) >= 11 is 0. The van der Waals surface area contributed by atoms with Gasteiger partial charge in [0.15, 0.2) is 11.6 Å². The van der Waals surface area contributed by atoms with Gasteiger partial charge in [-0.25, -0.2) is 4.98 Å². The SMILES string of the molecule is CCCOc1cccnc1N(C)c1ccc(C#N)cc1. The molecule has 2 rings (SSSR count). The van der Waals surface area contributed by atoms with Gasteiger partial charge in [0.05, 0.1) is 18.2 Å². The predicted octanol–water partition coefficient (Wildman–Crippen LogP) is 3.51. The Bertz CT molecular complexity index is 602. The van der Waals surface area contributed by atoms with Crippen LogP contribution in [0.1, 0.15) is 18.9 Å². The molecule has 2 aromatic rings. The highest BCUT2D eigenvalue weighted by molar-refractivity contribution is 5.65. The minimum absolute atomic E-state index is 0.644. The molecule has 1 heterocycles. The summed E-state index contributed by atoms with van der Waals surface area (Å²) in [7, 11) is 1.93. The Morgan fingerprint density at radius 2 is 2.00 bits per heavy atom. The second-order valence-electron chi connectivity index (χ2n) is 4.39. The summed E-state index contributed by atoms with van der Waals surface area (Å²) in [5.74, 6) is 1.53. The van der Waals surface area contributed by atoms with Crippen molar-refractivity contribution >= 4 is 11.5 Å². The molecule has 0 aliphatic carbocycles. The van der Waals surface area contributed by atoms with Gasteiger partial charge >= 0.3 is 0 Å². The number of rotatable bonds is 5. The Morgan fingerprint density at radius 3 is 2.65 bits per heavy atom. The molecule has 0 fully saturated rings. The normalized spacial score (nSPS) is 9.85. The van der Waals surface area contributed by atoms with E-state index in [2.05, 4.69) is 18.0 Å². The second-order valence-corrected chi connectivity index (χ2v) is 4.39. The van der Waals surface area contributed by atoms with Crippen molar-refractivity contribution in [2.75, 3.05) is 18.6 Å². The van der Waals surface area contributed by atoms with Crippen LogP contribution in [0.3, 0.4) is 0 Å². The van der Waals surface area contributed by atoms with Crippen LogP contribution in [0.2, 0.25) is 0 Å². The first-order valence-electron chi connectivity index (χ1n) is 6.58. The molecular formula is C16H17N3O. The van der Waals surface area contributed by atoms with Crippen molar-refractivity contribution in [3.05, 3.63) is 48.2 Å². The van der Waals surface area contributed by atoms with Crippen molar-refractivity contribution in [1.29, 1.82) is 5.26 Å². The molecule has 1 aromatic heterocycles. The predicted molar refractivity (Wildman–Crippen MR) is 79.2 cm³/mol. The van der Waals surface area contributed by atoms with Crippen LogP contribution in [0.15, 0.2) is 42.6 Å². The van der Waals surface area contributed by atoms with Crippen LogP contribution in [0.25, 0.3) is 0 Å². The summed E-state index contributed by atoms with van der Waals surface area (Å²) < 4.78 is 5.72. The van der Waals surface area contributed by atoms with Gasteiger partial charge < -0.3 is 9.64 Å². The van der Waals surface area contributed by atoms with Crippen LogP contribution in [-0.2, 0) is 0 Å². The zero-order chi connectivity index (χ0) is 14.4. The van der Waals surface area contributed by atoms with Gasteiger partial charge in [0.25, 0.3) is 0 Å². The molecule has 4 heteroatoms. The number of ether oxygens (including phenoxy) is 1. The monoisotopic (exact) mass is 267 g/mol. The summed E-state index contributed by atoms with van der Waals surface area (Å²) in [5.41, 5.74) is 1.61. The number of anilines is 2. The molecule has 0 atom stereocenters. The molecular weight excluding hydrogens is 250 g/mol. The molecule has 102 valence electrons. The van der Waals surface area contributed by atoms with Gasteiger partial charge in [0.1, 0.15) is 0 Å². The average Bonchev–Trinajstić information content (AvgIpc) is 2.52. The lowest BCUT2D eigenvalue weighted by molar-refractivity contribution is 0.317. The molecule has 0 saturated heterocycles. The van der Waals surface area contributed by atoms with E-state index >= 15 is 0 Å². The molecule has 4 nitrogen and oxygen atoms in total. The maximum atomic E-state index is 8.83. The van der Waals surface area contributed by atoms with Crippen LogP contribution >= 0.6 is 0 Å². The number of benzene rings is 1. The lowest BCUT2D eigenvalue weighted by atomic mass is 10.2. The van der Waals surface area contributed by atoms with E-state index in [1.54, 1.807) is 18.3 Å². The Morgan fingerprint density at radius 1 is 1.25 bits per heavy atom. The molecule has 0 aliphatic rings. The number of hydrogen-bond donors (Lipinski definition) is 0. The fourth-order valence-corrected chi connectivity index (χ4v) is 1.84. The van der Waals surface area contributed by atoms with E-state index in [9.17, 15) is 0 Å². The number of hydrogen-bond acceptors (Lipinski definition) is 4. The van der Waals surface area contributed by atoms with Gasteiger partial charge in [-0.3, -0.25) is 0 Å². The van der Waals surface area contributed by atoms with Crippen molar-refractivity contribution in [3.63, 3.8) is 0 Å². The van der Waals surface area contributed by atoms with Gasteiger partial charge in [-0.2, -0.15) is 5.26 Å². The van der Waals surface area contributed by atoms with Gasteiger partial charge in [0, 0.05) is 18.9 Å². The maximum absolute atomic E-state index is 8.83. The third kappa shape index (κ3) is 3.07. The van der Waals surface area contributed by atoms with Crippen LogP contribution in [-0.4, -0.2) is 18.6 Å². The summed E-state index contributed by atoms with van der Waals surface area (Å²) in [4.78, 5) is 6.34. The Balaban J connectivity index is 2.27. The molecule has 0 saturated carbocycles. The summed E-state index contributed by atoms with van der Waals surface area (Å²) in [6, 6.07) is 13.3. The van der Waals surface area contributed by atoms with Crippen molar-refractivity contribution in [2.24, 2.45) is 0 Å². The third-order valence-corrected chi connectivity index (χ3v) is 2.91. The lowest BCUT2D eigenvalue weighted by Gasteiger charge is -2.21. The zero-order valence-electron chi connectivity index (χ0n) is 11.7. The third-order valence-electron chi connectivity index (χ3n) is 2.91. The van der Waals surface area contributed by atoms with Crippen LogP contribution < -0.4 is 9.64 Å². The van der Waals surface area contributed by atoms with Gasteiger partial charge in [-0.1, -0.05) is 6.92 Å². The van der Waals surface area contributed by atoms with E-state index in [1.807, 2.05) is 36.2 Å². The van der Waals surface area contributed by atoms with E-state index < -0.39 is 0 Å². The highest BCUT2D eigenvalue weighted by atomic mass is 16.5. The summed E-state index contributed by atoms with van der Waals surface area (Å²) in [6.45, 7) is 2.74. The molecule has 20 heavy (non-hydrogen) atoms. The van der Waals surface area contributed by atoms with Gasteiger partial charge in [0.2, 0.25) is 0 Å². The Kier molecular flexibility index (Phi) is 4.56. The van der Waals surface area contributed by atoms with E-state index in [1.165, 1.54) is 0 Å². The summed E-state index contributed by atoms with van der Waals surface area (Å²) in [6.07, 6.45) is 2.70. The fraction of sp³-hybridized carbons (Fsp3) is 0.250. The molecule has 0 radical (unpaired) electrons. The second kappa shape index (κ2) is 6.58. The topological polar surface area (TPSA) is 49.1 Å². The molecule has 0 spiro atoms. The number of nitriles is 1. The molecule has 0 unspecified atom stereocenters. The Labute approximate surface area is 119 Å². The van der Waals surface area contributed by atoms with Gasteiger partial charge in [-0.05, 0) is 42.8 Å². The number of aromatic nitrogens is 1. The minimum atomic E-state index is 0.644.